The lowest BCUT2D eigenvalue weighted by atomic mass is 9.79. The molecule has 6 rings (SSSR count). The summed E-state index contributed by atoms with van der Waals surface area (Å²) in [5, 5.41) is 4.16. The van der Waals surface area contributed by atoms with Crippen molar-refractivity contribution in [3.63, 3.8) is 0 Å². The Labute approximate surface area is 235 Å². The van der Waals surface area contributed by atoms with Gasteiger partial charge < -0.3 is 10.2 Å². The van der Waals surface area contributed by atoms with Crippen molar-refractivity contribution in [2.75, 3.05) is 31.5 Å². The molecule has 9 heteroatoms. The quantitative estimate of drug-likeness (QED) is 0.399. The number of carbonyl (C=O) groups is 1. The average Bonchev–Trinajstić information content (AvgIpc) is 3.65. The van der Waals surface area contributed by atoms with Crippen LogP contribution in [0.3, 0.4) is 0 Å². The molecule has 1 N–H and O–H groups in total. The predicted molar refractivity (Wildman–Crippen MR) is 156 cm³/mol. The molecular formula is C31H39N7O2. The summed E-state index contributed by atoms with van der Waals surface area (Å²) in [4.78, 5) is 42.0. The maximum atomic E-state index is 12.3. The number of likely N-dealkylation sites (tertiary alicyclic amines) is 2. The highest BCUT2D eigenvalue weighted by atomic mass is 16.2. The Hall–Kier alpha value is -3.59. The summed E-state index contributed by atoms with van der Waals surface area (Å²) < 4.78 is 1.60. The van der Waals surface area contributed by atoms with Crippen molar-refractivity contribution in [2.45, 2.75) is 64.6 Å². The highest BCUT2D eigenvalue weighted by molar-refractivity contribution is 5.87. The molecular weight excluding hydrogens is 502 g/mol. The van der Waals surface area contributed by atoms with Gasteiger partial charge in [0.15, 0.2) is 5.65 Å². The number of nitrogens with one attached hydrogen (secondary N) is 1. The summed E-state index contributed by atoms with van der Waals surface area (Å²) in [6.07, 6.45) is 9.71. The average molecular weight is 542 g/mol. The third-order valence-electron chi connectivity index (χ3n) is 8.93. The topological polar surface area (TPSA) is 96.3 Å². The number of anilines is 1. The molecule has 3 aliphatic rings. The maximum absolute atomic E-state index is 12.3. The Balaban J connectivity index is 1.16. The SMILES string of the molecule is C=CC(=O)N1CC2(CCN(C(CC3CC3)c3ccc([C@H](C)Nc4ncc5cnc(=O)n(C(C)C)c5n4)cc3)C2)C1. The van der Waals surface area contributed by atoms with Gasteiger partial charge in [-0.15, -0.1) is 0 Å². The highest BCUT2D eigenvalue weighted by Crippen LogP contribution is 2.46. The van der Waals surface area contributed by atoms with Gasteiger partial charge in [0.2, 0.25) is 11.9 Å². The molecule has 1 unspecified atom stereocenters. The van der Waals surface area contributed by atoms with E-state index in [0.717, 1.165) is 49.5 Å². The van der Waals surface area contributed by atoms with Crippen LogP contribution in [0.2, 0.25) is 0 Å². The number of amides is 1. The Morgan fingerprint density at radius 1 is 1.10 bits per heavy atom. The van der Waals surface area contributed by atoms with Gasteiger partial charge >= 0.3 is 5.69 Å². The summed E-state index contributed by atoms with van der Waals surface area (Å²) >= 11 is 0. The Bertz CT molecular complexity index is 1470. The number of hydrogen-bond donors (Lipinski definition) is 1. The van der Waals surface area contributed by atoms with E-state index in [1.165, 1.54) is 37.1 Å². The third kappa shape index (κ3) is 5.14. The highest BCUT2D eigenvalue weighted by Gasteiger charge is 2.50. The first-order chi connectivity index (χ1) is 19.2. The molecule has 2 aromatic heterocycles. The van der Waals surface area contributed by atoms with Crippen molar-refractivity contribution < 1.29 is 4.79 Å². The molecule has 2 atom stereocenters. The van der Waals surface area contributed by atoms with Crippen LogP contribution in [0.25, 0.3) is 11.0 Å². The number of benzene rings is 1. The molecule has 0 bridgehead atoms. The third-order valence-corrected chi connectivity index (χ3v) is 8.93. The fourth-order valence-electron chi connectivity index (χ4n) is 6.47. The number of rotatable bonds is 9. The van der Waals surface area contributed by atoms with Crippen molar-refractivity contribution in [3.05, 3.63) is 70.9 Å². The van der Waals surface area contributed by atoms with Crippen molar-refractivity contribution in [1.82, 2.24) is 29.3 Å². The number of hydrogen-bond acceptors (Lipinski definition) is 7. The van der Waals surface area contributed by atoms with E-state index in [-0.39, 0.29) is 29.1 Å². The van der Waals surface area contributed by atoms with Crippen molar-refractivity contribution in [2.24, 2.45) is 11.3 Å². The molecule has 4 heterocycles. The number of nitrogens with zero attached hydrogens (tertiary/aromatic N) is 6. The van der Waals surface area contributed by atoms with Crippen LogP contribution >= 0.6 is 0 Å². The van der Waals surface area contributed by atoms with Crippen molar-refractivity contribution in [3.8, 4) is 0 Å². The fourth-order valence-corrected chi connectivity index (χ4v) is 6.47. The molecule has 3 aromatic rings. The van der Waals surface area contributed by atoms with Gasteiger partial charge in [0.1, 0.15) is 0 Å². The maximum Gasteiger partial charge on any atom is 0.349 e. The van der Waals surface area contributed by atoms with Gasteiger partial charge in [-0.2, -0.15) is 4.98 Å². The number of fused-ring (bicyclic) bond motifs is 1. The number of aromatic nitrogens is 4. The summed E-state index contributed by atoms with van der Waals surface area (Å²) in [5.41, 5.74) is 3.05. The normalized spacial score (nSPS) is 20.1. The van der Waals surface area contributed by atoms with Crippen LogP contribution in [0, 0.1) is 11.3 Å². The molecule has 1 aliphatic carbocycles. The second kappa shape index (κ2) is 10.4. The second-order valence-corrected chi connectivity index (χ2v) is 12.3. The molecule has 210 valence electrons. The Morgan fingerprint density at radius 3 is 2.48 bits per heavy atom. The van der Waals surface area contributed by atoms with Crippen LogP contribution in [0.15, 0.2) is 54.1 Å². The minimum Gasteiger partial charge on any atom is -0.348 e. The predicted octanol–water partition coefficient (Wildman–Crippen LogP) is 4.50. The molecule has 0 radical (unpaired) electrons. The largest absolute Gasteiger partial charge is 0.349 e. The summed E-state index contributed by atoms with van der Waals surface area (Å²) in [5.74, 6) is 1.37. The van der Waals surface area contributed by atoms with Gasteiger partial charge in [0, 0.05) is 49.5 Å². The first kappa shape index (κ1) is 26.6. The molecule has 40 heavy (non-hydrogen) atoms. The van der Waals surface area contributed by atoms with E-state index in [0.29, 0.717) is 17.6 Å². The zero-order valence-electron chi connectivity index (χ0n) is 23.7. The zero-order chi connectivity index (χ0) is 28.0. The Morgan fingerprint density at radius 2 is 1.80 bits per heavy atom. The van der Waals surface area contributed by atoms with E-state index >= 15 is 0 Å². The first-order valence-electron chi connectivity index (χ1n) is 14.5. The lowest BCUT2D eigenvalue weighted by Crippen LogP contribution is -2.59. The standard InChI is InChI=1S/C31H39N7O2/c1-5-27(39)37-18-31(19-37)12-13-36(17-31)26(14-22-6-7-22)24-10-8-23(9-11-24)21(4)34-29-32-15-25-16-33-30(40)38(20(2)3)28(25)35-29/h5,8-11,15-16,20-22,26H,1,6-7,12-14,17-19H2,2-4H3,(H,32,34,35)/t21-,26?/m0/s1. The second-order valence-electron chi connectivity index (χ2n) is 12.3. The summed E-state index contributed by atoms with van der Waals surface area (Å²) in [7, 11) is 0. The van der Waals surface area contributed by atoms with Gasteiger partial charge in [0.25, 0.3) is 0 Å². The van der Waals surface area contributed by atoms with E-state index in [1.807, 2.05) is 18.7 Å². The fraction of sp³-hybridized carbons (Fsp3) is 0.516. The first-order valence-corrected chi connectivity index (χ1v) is 14.5. The van der Waals surface area contributed by atoms with Gasteiger partial charge in [-0.1, -0.05) is 43.7 Å². The molecule has 3 fully saturated rings. The van der Waals surface area contributed by atoms with Gasteiger partial charge in [0.05, 0.1) is 11.4 Å². The zero-order valence-corrected chi connectivity index (χ0v) is 23.7. The van der Waals surface area contributed by atoms with E-state index in [9.17, 15) is 9.59 Å². The Kier molecular flexibility index (Phi) is 6.94. The minimum atomic E-state index is -0.305. The molecule has 1 spiro atoms. The van der Waals surface area contributed by atoms with E-state index in [2.05, 4.69) is 62.9 Å². The van der Waals surface area contributed by atoms with Crippen molar-refractivity contribution in [1.29, 1.82) is 0 Å². The molecule has 2 saturated heterocycles. The van der Waals surface area contributed by atoms with Crippen LogP contribution in [0.5, 0.6) is 0 Å². The van der Waals surface area contributed by atoms with Crippen LogP contribution in [-0.4, -0.2) is 61.4 Å². The summed E-state index contributed by atoms with van der Waals surface area (Å²) in [6, 6.07) is 9.34. The molecule has 2 aliphatic heterocycles. The summed E-state index contributed by atoms with van der Waals surface area (Å²) in [6.45, 7) is 13.5. The van der Waals surface area contributed by atoms with Gasteiger partial charge in [-0.25, -0.2) is 14.8 Å². The van der Waals surface area contributed by atoms with E-state index < -0.39 is 0 Å². The molecule has 1 saturated carbocycles. The van der Waals surface area contributed by atoms with E-state index in [4.69, 9.17) is 0 Å². The minimum absolute atomic E-state index is 0.00662. The smallest absolute Gasteiger partial charge is 0.348 e. The van der Waals surface area contributed by atoms with Crippen molar-refractivity contribution >= 4 is 22.9 Å². The monoisotopic (exact) mass is 541 g/mol. The van der Waals surface area contributed by atoms with Gasteiger partial charge in [-0.05, 0) is 63.3 Å². The van der Waals surface area contributed by atoms with Crippen LogP contribution < -0.4 is 11.0 Å². The number of carbonyl (C=O) groups excluding carboxylic acids is 1. The van der Waals surface area contributed by atoms with Crippen LogP contribution in [0.1, 0.15) is 75.7 Å². The molecule has 9 nitrogen and oxygen atoms in total. The lowest BCUT2D eigenvalue weighted by Gasteiger charge is -2.48. The van der Waals surface area contributed by atoms with Crippen LogP contribution in [-0.2, 0) is 4.79 Å². The van der Waals surface area contributed by atoms with E-state index in [1.54, 1.807) is 10.8 Å². The van der Waals surface area contributed by atoms with Crippen LogP contribution in [0.4, 0.5) is 5.95 Å². The molecule has 1 aromatic carbocycles. The lowest BCUT2D eigenvalue weighted by molar-refractivity contribution is -0.137. The van der Waals surface area contributed by atoms with Gasteiger partial charge in [-0.3, -0.25) is 14.3 Å². The molecule has 1 amide bonds.